The van der Waals surface area contributed by atoms with Crippen molar-refractivity contribution in [3.05, 3.63) is 47.3 Å². The number of likely N-dealkylation sites (tertiary alicyclic amines) is 1. The van der Waals surface area contributed by atoms with Crippen LogP contribution in [-0.4, -0.2) is 47.2 Å². The van der Waals surface area contributed by atoms with Gasteiger partial charge in [0.25, 0.3) is 5.91 Å². The second-order valence-electron chi connectivity index (χ2n) is 7.38. The number of nitrogens with one attached hydrogen (secondary N) is 2. The average Bonchev–Trinajstić information content (AvgIpc) is 3.39. The number of H-pyrrole nitrogens is 1. The molecule has 2 aliphatic rings. The number of aromatic amines is 1. The minimum absolute atomic E-state index is 0.0682. The molecule has 1 saturated heterocycles. The van der Waals surface area contributed by atoms with Gasteiger partial charge >= 0.3 is 0 Å². The first-order chi connectivity index (χ1) is 12.7. The molecule has 26 heavy (non-hydrogen) atoms. The smallest absolute Gasteiger partial charge is 0.272 e. The number of aromatic nitrogens is 2. The van der Waals surface area contributed by atoms with Gasteiger partial charge in [-0.3, -0.25) is 14.8 Å². The Morgan fingerprint density at radius 1 is 1.35 bits per heavy atom. The van der Waals surface area contributed by atoms with E-state index in [0.717, 1.165) is 43.9 Å². The lowest BCUT2D eigenvalue weighted by Gasteiger charge is -2.33. The lowest BCUT2D eigenvalue weighted by molar-refractivity contribution is 0.0895. The highest BCUT2D eigenvalue weighted by Gasteiger charge is 2.27. The maximum Gasteiger partial charge on any atom is 0.272 e. The van der Waals surface area contributed by atoms with Crippen LogP contribution in [0.3, 0.4) is 0 Å². The van der Waals surface area contributed by atoms with E-state index in [1.54, 1.807) is 7.11 Å². The molecule has 138 valence electrons. The van der Waals surface area contributed by atoms with Gasteiger partial charge in [-0.15, -0.1) is 0 Å². The Bertz CT molecular complexity index is 769. The largest absolute Gasteiger partial charge is 0.497 e. The van der Waals surface area contributed by atoms with Gasteiger partial charge in [-0.1, -0.05) is 12.1 Å². The number of benzene rings is 1. The van der Waals surface area contributed by atoms with Gasteiger partial charge in [-0.05, 0) is 56.0 Å². The fraction of sp³-hybridized carbons (Fsp3) is 0.500. The minimum atomic E-state index is -0.0682. The summed E-state index contributed by atoms with van der Waals surface area (Å²) < 4.78 is 5.30. The van der Waals surface area contributed by atoms with E-state index < -0.39 is 0 Å². The van der Waals surface area contributed by atoms with E-state index in [4.69, 9.17) is 4.74 Å². The number of rotatable bonds is 6. The number of carbonyl (C=O) groups excluding carboxylic acids is 1. The van der Waals surface area contributed by atoms with Crippen molar-refractivity contribution in [2.45, 2.75) is 44.2 Å². The van der Waals surface area contributed by atoms with Crippen LogP contribution in [0.15, 0.2) is 30.3 Å². The monoisotopic (exact) mass is 354 g/mol. The second-order valence-corrected chi connectivity index (χ2v) is 7.38. The van der Waals surface area contributed by atoms with Crippen LogP contribution >= 0.6 is 0 Å². The number of hydrogen-bond donors (Lipinski definition) is 2. The summed E-state index contributed by atoms with van der Waals surface area (Å²) in [5.41, 5.74) is 2.84. The van der Waals surface area contributed by atoms with Gasteiger partial charge in [0.2, 0.25) is 0 Å². The second kappa shape index (κ2) is 7.50. The van der Waals surface area contributed by atoms with Crippen molar-refractivity contribution in [1.29, 1.82) is 0 Å². The fourth-order valence-electron chi connectivity index (χ4n) is 3.66. The lowest BCUT2D eigenvalue weighted by Crippen LogP contribution is -2.47. The van der Waals surface area contributed by atoms with Gasteiger partial charge in [0.05, 0.1) is 7.11 Å². The van der Waals surface area contributed by atoms with Crippen LogP contribution in [0.1, 0.15) is 53.3 Å². The van der Waals surface area contributed by atoms with E-state index in [0.29, 0.717) is 11.6 Å². The molecule has 1 aromatic heterocycles. The van der Waals surface area contributed by atoms with Crippen molar-refractivity contribution >= 4 is 5.91 Å². The first-order valence-electron chi connectivity index (χ1n) is 9.43. The molecule has 0 bridgehead atoms. The molecule has 0 radical (unpaired) electrons. The first kappa shape index (κ1) is 17.1. The maximum atomic E-state index is 12.5. The van der Waals surface area contributed by atoms with E-state index in [1.807, 2.05) is 18.2 Å². The van der Waals surface area contributed by atoms with Crippen molar-refractivity contribution in [3.8, 4) is 5.75 Å². The minimum Gasteiger partial charge on any atom is -0.497 e. The summed E-state index contributed by atoms with van der Waals surface area (Å²) in [6.07, 6.45) is 4.50. The maximum absolute atomic E-state index is 12.5. The zero-order valence-electron chi connectivity index (χ0n) is 15.2. The summed E-state index contributed by atoms with van der Waals surface area (Å²) in [4.78, 5) is 14.9. The van der Waals surface area contributed by atoms with Gasteiger partial charge in [-0.2, -0.15) is 5.10 Å². The highest BCUT2D eigenvalue weighted by molar-refractivity contribution is 5.92. The predicted octanol–water partition coefficient (Wildman–Crippen LogP) is 2.69. The normalized spacial score (nSPS) is 20.7. The SMILES string of the molecule is COc1cccc(CN2CCC[C@H](NC(=O)c3cc(C4CC4)[nH]n3)C2)c1. The number of carbonyl (C=O) groups is 1. The molecule has 1 saturated carbocycles. The average molecular weight is 354 g/mol. The van der Waals surface area contributed by atoms with Crippen LogP contribution in [0.4, 0.5) is 0 Å². The molecule has 2 fully saturated rings. The van der Waals surface area contributed by atoms with E-state index in [-0.39, 0.29) is 11.9 Å². The van der Waals surface area contributed by atoms with E-state index in [2.05, 4.69) is 32.5 Å². The molecule has 0 unspecified atom stereocenters. The summed E-state index contributed by atoms with van der Waals surface area (Å²) in [5.74, 6) is 1.40. The number of ether oxygens (including phenoxy) is 1. The van der Waals surface area contributed by atoms with Crippen molar-refractivity contribution in [2.24, 2.45) is 0 Å². The van der Waals surface area contributed by atoms with E-state index >= 15 is 0 Å². The Morgan fingerprint density at radius 2 is 2.23 bits per heavy atom. The zero-order valence-corrected chi connectivity index (χ0v) is 15.2. The van der Waals surface area contributed by atoms with Gasteiger partial charge in [0.15, 0.2) is 0 Å². The van der Waals surface area contributed by atoms with Crippen LogP contribution in [0, 0.1) is 0 Å². The Hall–Kier alpha value is -2.34. The summed E-state index contributed by atoms with van der Waals surface area (Å²) in [7, 11) is 1.69. The van der Waals surface area contributed by atoms with Crippen LogP contribution in [-0.2, 0) is 6.54 Å². The molecule has 2 aromatic rings. The van der Waals surface area contributed by atoms with E-state index in [9.17, 15) is 4.79 Å². The molecule has 1 aliphatic carbocycles. The fourth-order valence-corrected chi connectivity index (χ4v) is 3.66. The molecule has 4 rings (SSSR count). The van der Waals surface area contributed by atoms with Gasteiger partial charge < -0.3 is 10.1 Å². The third-order valence-electron chi connectivity index (χ3n) is 5.23. The summed E-state index contributed by atoms with van der Waals surface area (Å²) in [5, 5.41) is 10.3. The predicted molar refractivity (Wildman–Crippen MR) is 99.3 cm³/mol. The van der Waals surface area contributed by atoms with Crippen molar-refractivity contribution in [2.75, 3.05) is 20.2 Å². The van der Waals surface area contributed by atoms with Crippen molar-refractivity contribution < 1.29 is 9.53 Å². The van der Waals surface area contributed by atoms with Gasteiger partial charge in [0, 0.05) is 30.7 Å². The molecule has 1 amide bonds. The number of amides is 1. The van der Waals surface area contributed by atoms with Crippen molar-refractivity contribution in [1.82, 2.24) is 20.4 Å². The van der Waals surface area contributed by atoms with Crippen LogP contribution in [0.2, 0.25) is 0 Å². The first-order valence-corrected chi connectivity index (χ1v) is 9.43. The molecule has 6 nitrogen and oxygen atoms in total. The highest BCUT2D eigenvalue weighted by Crippen LogP contribution is 2.39. The molecule has 6 heteroatoms. The molecule has 1 aliphatic heterocycles. The number of piperidine rings is 1. The molecule has 2 N–H and O–H groups in total. The molecule has 2 heterocycles. The summed E-state index contributed by atoms with van der Waals surface area (Å²) in [6, 6.07) is 10.3. The zero-order chi connectivity index (χ0) is 17.9. The lowest BCUT2D eigenvalue weighted by atomic mass is 10.0. The molecular weight excluding hydrogens is 328 g/mol. The van der Waals surface area contributed by atoms with Gasteiger partial charge in [0.1, 0.15) is 11.4 Å². The van der Waals surface area contributed by atoms with Gasteiger partial charge in [-0.25, -0.2) is 0 Å². The number of hydrogen-bond acceptors (Lipinski definition) is 4. The van der Waals surface area contributed by atoms with E-state index in [1.165, 1.54) is 18.4 Å². The number of methoxy groups -OCH3 is 1. The Kier molecular flexibility index (Phi) is 4.93. The standard InChI is InChI=1S/C20H26N4O2/c1-26-17-6-2-4-14(10-17)12-24-9-3-5-16(13-24)21-20(25)19-11-18(22-23-19)15-7-8-15/h2,4,6,10-11,15-16H,3,5,7-9,12-13H2,1H3,(H,21,25)(H,22,23)/t16-/m0/s1. The third-order valence-corrected chi connectivity index (χ3v) is 5.23. The topological polar surface area (TPSA) is 70.2 Å². The molecule has 1 atom stereocenters. The molecular formula is C20H26N4O2. The Balaban J connectivity index is 1.33. The highest BCUT2D eigenvalue weighted by atomic mass is 16.5. The third kappa shape index (κ3) is 4.07. The quantitative estimate of drug-likeness (QED) is 0.837. The summed E-state index contributed by atoms with van der Waals surface area (Å²) in [6.45, 7) is 2.79. The number of nitrogens with zero attached hydrogens (tertiary/aromatic N) is 2. The molecule has 1 aromatic carbocycles. The van der Waals surface area contributed by atoms with Crippen molar-refractivity contribution in [3.63, 3.8) is 0 Å². The Labute approximate surface area is 153 Å². The summed E-state index contributed by atoms with van der Waals surface area (Å²) >= 11 is 0. The Morgan fingerprint density at radius 3 is 3.04 bits per heavy atom. The van der Waals surface area contributed by atoms with Crippen LogP contribution < -0.4 is 10.1 Å². The van der Waals surface area contributed by atoms with Crippen LogP contribution in [0.5, 0.6) is 5.75 Å². The molecule has 0 spiro atoms. The van der Waals surface area contributed by atoms with Crippen LogP contribution in [0.25, 0.3) is 0 Å².